The van der Waals surface area contributed by atoms with Gasteiger partial charge in [-0.05, 0) is 57.4 Å². The van der Waals surface area contributed by atoms with Crippen molar-refractivity contribution in [2.45, 2.75) is 31.6 Å². The van der Waals surface area contributed by atoms with Gasteiger partial charge < -0.3 is 20.4 Å². The lowest BCUT2D eigenvalue weighted by Crippen LogP contribution is -2.35. The number of hydrogen-bond donors (Lipinski definition) is 2. The molecule has 2 aliphatic rings. The second-order valence-corrected chi connectivity index (χ2v) is 10.1. The molecule has 1 unspecified atom stereocenters. The van der Waals surface area contributed by atoms with E-state index in [1.807, 2.05) is 6.92 Å². The van der Waals surface area contributed by atoms with Crippen molar-refractivity contribution in [1.82, 2.24) is 19.9 Å². The highest BCUT2D eigenvalue weighted by Gasteiger charge is 2.34. The quantitative estimate of drug-likeness (QED) is 0.532. The van der Waals surface area contributed by atoms with E-state index in [0.717, 1.165) is 67.5 Å². The number of carbonyl (C=O) groups excluding carboxylic acids is 1. The van der Waals surface area contributed by atoms with Crippen LogP contribution in [0.4, 0.5) is 17.3 Å². The van der Waals surface area contributed by atoms with Crippen molar-refractivity contribution < 1.29 is 4.79 Å². The Balaban J connectivity index is 1.36. The second kappa shape index (κ2) is 9.68. The summed E-state index contributed by atoms with van der Waals surface area (Å²) in [6.45, 7) is 5.51. The fourth-order valence-electron chi connectivity index (χ4n) is 4.78. The molecule has 3 aromatic heterocycles. The van der Waals surface area contributed by atoms with Gasteiger partial charge in [0, 0.05) is 48.6 Å². The maximum Gasteiger partial charge on any atom is 0.233 e. The van der Waals surface area contributed by atoms with E-state index in [1.165, 1.54) is 5.56 Å². The van der Waals surface area contributed by atoms with Gasteiger partial charge in [-0.15, -0.1) is 0 Å². The van der Waals surface area contributed by atoms with Gasteiger partial charge in [-0.2, -0.15) is 11.3 Å². The molecule has 0 aromatic carbocycles. The molecule has 0 saturated carbocycles. The summed E-state index contributed by atoms with van der Waals surface area (Å²) in [6.07, 6.45) is 3.52. The van der Waals surface area contributed by atoms with Gasteiger partial charge in [-0.1, -0.05) is 0 Å². The first-order valence-corrected chi connectivity index (χ1v) is 12.8. The standard InChI is InChI=1S/C25H31N7OS/c1-16-21-23(30-25(16)33)27-15-28-24(21)32-10-6-17(7-11-32)22-20(26-9-12-31(2)3)5-4-19(29-22)18-8-13-34-14-18/h4-5,8,13-17,26H,6-7,9-12H2,1-3H3,(H,27,28,30,33). The fourth-order valence-corrected chi connectivity index (χ4v) is 5.43. The molecular formula is C25H31N7OS. The Morgan fingerprint density at radius 1 is 1.21 bits per heavy atom. The van der Waals surface area contributed by atoms with Crippen LogP contribution >= 0.6 is 11.3 Å². The van der Waals surface area contributed by atoms with Gasteiger partial charge >= 0.3 is 0 Å². The number of hydrogen-bond acceptors (Lipinski definition) is 8. The summed E-state index contributed by atoms with van der Waals surface area (Å²) in [6, 6.07) is 6.44. The first kappa shape index (κ1) is 22.7. The highest BCUT2D eigenvalue weighted by molar-refractivity contribution is 7.08. The van der Waals surface area contributed by atoms with Crippen molar-refractivity contribution in [3.63, 3.8) is 0 Å². The minimum absolute atomic E-state index is 0.00507. The van der Waals surface area contributed by atoms with Crippen molar-refractivity contribution in [3.05, 3.63) is 46.5 Å². The zero-order valence-corrected chi connectivity index (χ0v) is 20.7. The van der Waals surface area contributed by atoms with Crippen LogP contribution in [0.5, 0.6) is 0 Å². The van der Waals surface area contributed by atoms with E-state index in [2.05, 4.69) is 73.5 Å². The molecule has 5 rings (SSSR count). The molecule has 178 valence electrons. The number of rotatable bonds is 7. The number of nitrogens with zero attached hydrogens (tertiary/aromatic N) is 5. The molecule has 1 fully saturated rings. The number of pyridine rings is 1. The smallest absolute Gasteiger partial charge is 0.233 e. The number of nitrogens with one attached hydrogen (secondary N) is 2. The van der Waals surface area contributed by atoms with Crippen LogP contribution in [0.1, 0.15) is 42.9 Å². The third-order valence-corrected chi connectivity index (χ3v) is 7.41. The zero-order chi connectivity index (χ0) is 23.7. The van der Waals surface area contributed by atoms with Gasteiger partial charge in [-0.3, -0.25) is 9.78 Å². The first-order valence-electron chi connectivity index (χ1n) is 11.8. The van der Waals surface area contributed by atoms with Crippen molar-refractivity contribution >= 4 is 34.6 Å². The average Bonchev–Trinajstić information content (AvgIpc) is 3.48. The highest BCUT2D eigenvalue weighted by atomic mass is 32.1. The van der Waals surface area contributed by atoms with Crippen LogP contribution in [0.25, 0.3) is 11.3 Å². The van der Waals surface area contributed by atoms with Crippen molar-refractivity contribution in [3.8, 4) is 11.3 Å². The summed E-state index contributed by atoms with van der Waals surface area (Å²) in [5.41, 5.74) is 5.41. The molecule has 0 bridgehead atoms. The Morgan fingerprint density at radius 2 is 2.03 bits per heavy atom. The van der Waals surface area contributed by atoms with E-state index in [4.69, 9.17) is 4.98 Å². The maximum absolute atomic E-state index is 12.2. The monoisotopic (exact) mass is 477 g/mol. The van der Waals surface area contributed by atoms with Crippen LogP contribution in [0.15, 0.2) is 35.3 Å². The summed E-state index contributed by atoms with van der Waals surface area (Å²) >= 11 is 1.70. The number of thiophene rings is 1. The summed E-state index contributed by atoms with van der Waals surface area (Å²) in [5, 5.41) is 10.7. The number of amides is 1. The Labute approximate surface area is 204 Å². The molecule has 5 heterocycles. The maximum atomic E-state index is 12.2. The second-order valence-electron chi connectivity index (χ2n) is 9.30. The third kappa shape index (κ3) is 4.50. The van der Waals surface area contributed by atoms with E-state index in [9.17, 15) is 4.79 Å². The number of anilines is 3. The van der Waals surface area contributed by atoms with E-state index in [-0.39, 0.29) is 11.8 Å². The molecule has 2 N–H and O–H groups in total. The highest BCUT2D eigenvalue weighted by Crippen LogP contribution is 2.40. The number of aromatic nitrogens is 3. The van der Waals surface area contributed by atoms with Crippen LogP contribution in [0.3, 0.4) is 0 Å². The summed E-state index contributed by atoms with van der Waals surface area (Å²) in [7, 11) is 4.17. The van der Waals surface area contributed by atoms with Crippen LogP contribution in [-0.4, -0.2) is 66.0 Å². The van der Waals surface area contributed by atoms with E-state index < -0.39 is 0 Å². The molecular weight excluding hydrogens is 446 g/mol. The molecule has 1 amide bonds. The van der Waals surface area contributed by atoms with Gasteiger partial charge in [0.2, 0.25) is 5.91 Å². The Bertz CT molecular complexity index is 1160. The molecule has 1 saturated heterocycles. The lowest BCUT2D eigenvalue weighted by atomic mass is 9.91. The summed E-state index contributed by atoms with van der Waals surface area (Å²) < 4.78 is 0. The Kier molecular flexibility index (Phi) is 6.47. The lowest BCUT2D eigenvalue weighted by Gasteiger charge is -2.34. The summed E-state index contributed by atoms with van der Waals surface area (Å²) in [5.74, 6) is 1.68. The predicted octanol–water partition coefficient (Wildman–Crippen LogP) is 4.01. The van der Waals surface area contributed by atoms with Gasteiger partial charge in [-0.25, -0.2) is 9.97 Å². The van der Waals surface area contributed by atoms with E-state index in [1.54, 1.807) is 17.7 Å². The molecule has 34 heavy (non-hydrogen) atoms. The molecule has 1 atom stereocenters. The van der Waals surface area contributed by atoms with Crippen LogP contribution in [0, 0.1) is 0 Å². The van der Waals surface area contributed by atoms with Gasteiger partial charge in [0.25, 0.3) is 0 Å². The zero-order valence-electron chi connectivity index (χ0n) is 19.9. The van der Waals surface area contributed by atoms with Crippen LogP contribution in [0.2, 0.25) is 0 Å². The first-order chi connectivity index (χ1) is 16.5. The number of piperidine rings is 1. The molecule has 9 heteroatoms. The SMILES string of the molecule is CC1C(=O)Nc2ncnc(N3CCC(c4nc(-c5ccsc5)ccc4NCCN(C)C)CC3)c21. The Hall–Kier alpha value is -3.04. The normalized spacial score (nSPS) is 18.3. The molecule has 0 radical (unpaired) electrons. The fraction of sp³-hybridized carbons (Fsp3) is 0.440. The number of likely N-dealkylation sites (N-methyl/N-ethyl adjacent to an activating group) is 1. The van der Waals surface area contributed by atoms with Gasteiger partial charge in [0.1, 0.15) is 18.0 Å². The van der Waals surface area contributed by atoms with E-state index in [0.29, 0.717) is 11.7 Å². The summed E-state index contributed by atoms with van der Waals surface area (Å²) in [4.78, 5) is 30.7. The molecule has 0 spiro atoms. The minimum atomic E-state index is -0.222. The Morgan fingerprint density at radius 3 is 2.76 bits per heavy atom. The van der Waals surface area contributed by atoms with Crippen molar-refractivity contribution in [2.75, 3.05) is 55.8 Å². The lowest BCUT2D eigenvalue weighted by molar-refractivity contribution is -0.116. The average molecular weight is 478 g/mol. The molecule has 0 aliphatic carbocycles. The minimum Gasteiger partial charge on any atom is -0.382 e. The number of fused-ring (bicyclic) bond motifs is 1. The molecule has 3 aromatic rings. The largest absolute Gasteiger partial charge is 0.382 e. The van der Waals surface area contributed by atoms with Gasteiger partial charge in [0.05, 0.1) is 23.0 Å². The topological polar surface area (TPSA) is 86.3 Å². The van der Waals surface area contributed by atoms with Crippen LogP contribution in [-0.2, 0) is 4.79 Å². The number of carbonyl (C=O) groups is 1. The van der Waals surface area contributed by atoms with Gasteiger partial charge in [0.15, 0.2) is 0 Å². The van der Waals surface area contributed by atoms with Crippen molar-refractivity contribution in [1.29, 1.82) is 0 Å². The molecule has 2 aliphatic heterocycles. The van der Waals surface area contributed by atoms with Crippen molar-refractivity contribution in [2.24, 2.45) is 0 Å². The third-order valence-electron chi connectivity index (χ3n) is 6.73. The van der Waals surface area contributed by atoms with E-state index >= 15 is 0 Å². The molecule has 8 nitrogen and oxygen atoms in total. The predicted molar refractivity (Wildman–Crippen MR) is 138 cm³/mol. The van der Waals surface area contributed by atoms with Crippen LogP contribution < -0.4 is 15.5 Å².